The third-order valence-corrected chi connectivity index (χ3v) is 3.45. The van der Waals surface area contributed by atoms with Gasteiger partial charge in [0.25, 0.3) is 0 Å². The molecule has 1 aromatic carbocycles. The van der Waals surface area contributed by atoms with Gasteiger partial charge in [0.1, 0.15) is 16.9 Å². The maximum absolute atomic E-state index is 6.44. The molecule has 1 aromatic heterocycles. The number of benzene rings is 1. The molecule has 1 heterocycles. The van der Waals surface area contributed by atoms with Crippen LogP contribution in [0.5, 0.6) is 11.5 Å². The van der Waals surface area contributed by atoms with Crippen molar-refractivity contribution in [1.82, 2.24) is 0 Å². The van der Waals surface area contributed by atoms with Gasteiger partial charge in [-0.2, -0.15) is 0 Å². The van der Waals surface area contributed by atoms with Gasteiger partial charge in [-0.15, -0.1) is 11.6 Å². The van der Waals surface area contributed by atoms with E-state index in [9.17, 15) is 0 Å². The number of furan rings is 1. The molecule has 2 aromatic rings. The molecule has 0 saturated carbocycles. The van der Waals surface area contributed by atoms with Crippen molar-refractivity contribution >= 4 is 11.6 Å². The normalized spacial score (nSPS) is 12.2. The molecule has 1 atom stereocenters. The molecule has 0 saturated heterocycles. The van der Waals surface area contributed by atoms with E-state index in [0.717, 1.165) is 23.5 Å². The van der Waals surface area contributed by atoms with Crippen LogP contribution in [-0.2, 0) is 6.42 Å². The van der Waals surface area contributed by atoms with Crippen LogP contribution in [0, 0.1) is 0 Å². The fourth-order valence-electron chi connectivity index (χ4n) is 1.90. The van der Waals surface area contributed by atoms with Gasteiger partial charge < -0.3 is 13.9 Å². The smallest absolute Gasteiger partial charge is 0.161 e. The number of rotatable bonds is 5. The van der Waals surface area contributed by atoms with Crippen LogP contribution in [0.4, 0.5) is 0 Å². The van der Waals surface area contributed by atoms with Crippen molar-refractivity contribution in [3.8, 4) is 11.5 Å². The summed E-state index contributed by atoms with van der Waals surface area (Å²) in [6.07, 6.45) is 0.857. The fourth-order valence-corrected chi connectivity index (χ4v) is 2.15. The Kier molecular flexibility index (Phi) is 4.38. The second-order valence-corrected chi connectivity index (χ2v) is 4.57. The van der Waals surface area contributed by atoms with Crippen LogP contribution in [0.15, 0.2) is 34.7 Å². The quantitative estimate of drug-likeness (QED) is 0.770. The summed E-state index contributed by atoms with van der Waals surface area (Å²) in [6, 6.07) is 9.48. The summed E-state index contributed by atoms with van der Waals surface area (Å²) in [7, 11) is 3.21. The number of hydrogen-bond donors (Lipinski definition) is 0. The minimum atomic E-state index is -0.333. The average molecular weight is 281 g/mol. The summed E-state index contributed by atoms with van der Waals surface area (Å²) in [6.45, 7) is 2.04. The number of alkyl halides is 1. The van der Waals surface area contributed by atoms with Crippen molar-refractivity contribution in [3.05, 3.63) is 47.4 Å². The molecule has 0 aliphatic heterocycles. The van der Waals surface area contributed by atoms with Gasteiger partial charge in [0, 0.05) is 6.42 Å². The van der Waals surface area contributed by atoms with Gasteiger partial charge in [-0.25, -0.2) is 0 Å². The van der Waals surface area contributed by atoms with Crippen LogP contribution in [-0.4, -0.2) is 14.2 Å². The Labute approximate surface area is 118 Å². The summed E-state index contributed by atoms with van der Waals surface area (Å²) in [5, 5.41) is -0.333. The van der Waals surface area contributed by atoms with Crippen LogP contribution in [0.1, 0.15) is 29.4 Å². The Hall–Kier alpha value is -1.61. The Bertz CT molecular complexity index is 548. The van der Waals surface area contributed by atoms with Gasteiger partial charge in [0.2, 0.25) is 0 Å². The van der Waals surface area contributed by atoms with Crippen LogP contribution in [0.2, 0.25) is 0 Å². The third kappa shape index (κ3) is 2.87. The number of hydrogen-bond acceptors (Lipinski definition) is 3. The largest absolute Gasteiger partial charge is 0.493 e. The predicted molar refractivity (Wildman–Crippen MR) is 75.3 cm³/mol. The summed E-state index contributed by atoms with van der Waals surface area (Å²) >= 11 is 6.44. The van der Waals surface area contributed by atoms with Gasteiger partial charge in [-0.3, -0.25) is 0 Å². The van der Waals surface area contributed by atoms with Crippen molar-refractivity contribution < 1.29 is 13.9 Å². The highest BCUT2D eigenvalue weighted by molar-refractivity contribution is 6.22. The zero-order valence-electron chi connectivity index (χ0n) is 11.3. The molecule has 0 aliphatic rings. The first kappa shape index (κ1) is 13.8. The molecule has 0 aliphatic carbocycles. The lowest BCUT2D eigenvalue weighted by molar-refractivity contribution is 0.354. The SMILES string of the molecule is CCc1ccc(C(Cl)c2ccc(OC)c(OC)c2)o1. The second kappa shape index (κ2) is 6.02. The first-order chi connectivity index (χ1) is 9.19. The number of aryl methyl sites for hydroxylation is 1. The summed E-state index contributed by atoms with van der Waals surface area (Å²) in [5.41, 5.74) is 0.913. The molecule has 2 rings (SSSR count). The Morgan fingerprint density at radius 2 is 1.84 bits per heavy atom. The lowest BCUT2D eigenvalue weighted by Gasteiger charge is -2.12. The molecule has 19 heavy (non-hydrogen) atoms. The molecule has 0 radical (unpaired) electrons. The summed E-state index contributed by atoms with van der Waals surface area (Å²) in [5.74, 6) is 3.02. The van der Waals surface area contributed by atoms with Gasteiger partial charge in [0.15, 0.2) is 11.5 Å². The fraction of sp³-hybridized carbons (Fsp3) is 0.333. The zero-order chi connectivity index (χ0) is 13.8. The molecule has 0 amide bonds. The Morgan fingerprint density at radius 1 is 1.11 bits per heavy atom. The van der Waals surface area contributed by atoms with Crippen molar-refractivity contribution in [3.63, 3.8) is 0 Å². The van der Waals surface area contributed by atoms with Crippen molar-refractivity contribution in [2.45, 2.75) is 18.7 Å². The predicted octanol–water partition coefficient (Wildman–Crippen LogP) is 4.19. The highest BCUT2D eigenvalue weighted by Gasteiger charge is 2.17. The molecular weight excluding hydrogens is 264 g/mol. The maximum atomic E-state index is 6.44. The van der Waals surface area contributed by atoms with Gasteiger partial charge in [-0.1, -0.05) is 13.0 Å². The van der Waals surface area contributed by atoms with Gasteiger partial charge in [-0.05, 0) is 29.8 Å². The van der Waals surface area contributed by atoms with Crippen molar-refractivity contribution in [2.24, 2.45) is 0 Å². The highest BCUT2D eigenvalue weighted by atomic mass is 35.5. The standard InChI is InChI=1S/C15H17ClO3/c1-4-11-6-8-13(19-11)15(16)10-5-7-12(17-2)14(9-10)18-3/h5-9,15H,4H2,1-3H3. The van der Waals surface area contributed by atoms with E-state index < -0.39 is 0 Å². The van der Waals surface area contributed by atoms with Crippen molar-refractivity contribution in [1.29, 1.82) is 0 Å². The minimum Gasteiger partial charge on any atom is -0.493 e. The Morgan fingerprint density at radius 3 is 2.42 bits per heavy atom. The van der Waals surface area contributed by atoms with E-state index in [1.807, 2.05) is 37.3 Å². The number of methoxy groups -OCH3 is 2. The summed E-state index contributed by atoms with van der Waals surface area (Å²) in [4.78, 5) is 0. The van der Waals surface area contributed by atoms with Crippen LogP contribution in [0.3, 0.4) is 0 Å². The lowest BCUT2D eigenvalue weighted by Crippen LogP contribution is -1.95. The molecule has 102 valence electrons. The van der Waals surface area contributed by atoms with E-state index in [0.29, 0.717) is 11.5 Å². The first-order valence-electron chi connectivity index (χ1n) is 6.14. The lowest BCUT2D eigenvalue weighted by atomic mass is 10.1. The molecule has 3 nitrogen and oxygen atoms in total. The molecule has 0 N–H and O–H groups in total. The van der Waals surface area contributed by atoms with E-state index in [4.69, 9.17) is 25.5 Å². The average Bonchev–Trinajstić information content (AvgIpc) is 2.94. The van der Waals surface area contributed by atoms with E-state index in [2.05, 4.69) is 0 Å². The van der Waals surface area contributed by atoms with E-state index in [1.54, 1.807) is 14.2 Å². The van der Waals surface area contributed by atoms with Crippen LogP contribution >= 0.6 is 11.6 Å². The molecule has 1 unspecified atom stereocenters. The molecule has 0 fully saturated rings. The zero-order valence-corrected chi connectivity index (χ0v) is 12.0. The van der Waals surface area contributed by atoms with E-state index >= 15 is 0 Å². The monoisotopic (exact) mass is 280 g/mol. The number of ether oxygens (including phenoxy) is 2. The molecule has 4 heteroatoms. The highest BCUT2D eigenvalue weighted by Crippen LogP contribution is 2.35. The number of halogens is 1. The second-order valence-electron chi connectivity index (χ2n) is 4.13. The molecular formula is C15H17ClO3. The van der Waals surface area contributed by atoms with Gasteiger partial charge >= 0.3 is 0 Å². The van der Waals surface area contributed by atoms with Crippen LogP contribution in [0.25, 0.3) is 0 Å². The third-order valence-electron chi connectivity index (χ3n) is 2.98. The first-order valence-corrected chi connectivity index (χ1v) is 6.57. The minimum absolute atomic E-state index is 0.333. The van der Waals surface area contributed by atoms with E-state index in [-0.39, 0.29) is 5.38 Å². The summed E-state index contributed by atoms with van der Waals surface area (Å²) < 4.78 is 16.2. The van der Waals surface area contributed by atoms with Gasteiger partial charge in [0.05, 0.1) is 14.2 Å². The van der Waals surface area contributed by atoms with Crippen LogP contribution < -0.4 is 9.47 Å². The molecule has 0 bridgehead atoms. The Balaban J connectivity index is 2.30. The van der Waals surface area contributed by atoms with E-state index in [1.165, 1.54) is 0 Å². The van der Waals surface area contributed by atoms with Crippen molar-refractivity contribution in [2.75, 3.05) is 14.2 Å². The molecule has 0 spiro atoms. The maximum Gasteiger partial charge on any atom is 0.161 e. The topological polar surface area (TPSA) is 31.6 Å².